The Bertz CT molecular complexity index is 693. The minimum Gasteiger partial charge on any atom is -0.508 e. The molecule has 5 nitrogen and oxygen atoms in total. The van der Waals surface area contributed by atoms with Gasteiger partial charge in [0.15, 0.2) is 0 Å². The van der Waals surface area contributed by atoms with E-state index in [-0.39, 0.29) is 17.0 Å². The Balaban J connectivity index is 2.13. The largest absolute Gasteiger partial charge is 0.508 e. The molecule has 0 bridgehead atoms. The zero-order valence-corrected chi connectivity index (χ0v) is 11.0. The lowest BCUT2D eigenvalue weighted by atomic mass is 10.1. The van der Waals surface area contributed by atoms with Gasteiger partial charge in [-0.3, -0.25) is 4.79 Å². The maximum atomic E-state index is 11.8. The molecule has 0 aromatic heterocycles. The van der Waals surface area contributed by atoms with Crippen LogP contribution in [-0.4, -0.2) is 22.1 Å². The maximum absolute atomic E-state index is 11.8. The second-order valence-corrected chi connectivity index (χ2v) is 4.27. The zero-order chi connectivity index (χ0) is 15.2. The summed E-state index contributed by atoms with van der Waals surface area (Å²) in [6, 6.07) is 13.0. The van der Waals surface area contributed by atoms with Crippen molar-refractivity contribution in [1.29, 1.82) is 0 Å². The van der Waals surface area contributed by atoms with Crippen LogP contribution in [0.3, 0.4) is 0 Å². The Morgan fingerprint density at radius 2 is 1.76 bits per heavy atom. The number of nitrogens with one attached hydrogen (secondary N) is 1. The van der Waals surface area contributed by atoms with Crippen LogP contribution in [0.5, 0.6) is 5.75 Å². The zero-order valence-electron chi connectivity index (χ0n) is 11.0. The van der Waals surface area contributed by atoms with Crippen LogP contribution >= 0.6 is 0 Å². The van der Waals surface area contributed by atoms with E-state index in [2.05, 4.69) is 5.32 Å². The quantitative estimate of drug-likeness (QED) is 0.595. The third-order valence-corrected chi connectivity index (χ3v) is 2.72. The van der Waals surface area contributed by atoms with E-state index in [1.54, 1.807) is 6.08 Å². The molecule has 0 atom stereocenters. The highest BCUT2D eigenvalue weighted by Gasteiger charge is 2.12. The number of carboxylic acid groups (broad SMARTS) is 1. The van der Waals surface area contributed by atoms with E-state index < -0.39 is 11.9 Å². The number of carbonyl (C=O) groups excluding carboxylic acids is 1. The van der Waals surface area contributed by atoms with Crippen LogP contribution in [0.4, 0.5) is 5.69 Å². The number of phenolic OH excluding ortho intramolecular Hbond substituents is 1. The molecule has 2 aromatic carbocycles. The maximum Gasteiger partial charge on any atom is 0.337 e. The van der Waals surface area contributed by atoms with E-state index in [9.17, 15) is 14.7 Å². The second kappa shape index (κ2) is 6.38. The highest BCUT2D eigenvalue weighted by Crippen LogP contribution is 2.21. The van der Waals surface area contributed by atoms with Crippen LogP contribution in [0.1, 0.15) is 15.9 Å². The summed E-state index contributed by atoms with van der Waals surface area (Å²) in [7, 11) is 0. The molecule has 0 aliphatic carbocycles. The Morgan fingerprint density at radius 1 is 1.05 bits per heavy atom. The number of hydrogen-bond donors (Lipinski definition) is 3. The summed E-state index contributed by atoms with van der Waals surface area (Å²) in [5.74, 6) is -1.86. The van der Waals surface area contributed by atoms with E-state index in [0.29, 0.717) is 0 Å². The summed E-state index contributed by atoms with van der Waals surface area (Å²) in [5, 5.41) is 20.8. The van der Waals surface area contributed by atoms with Gasteiger partial charge in [0.25, 0.3) is 0 Å². The molecule has 0 aliphatic heterocycles. The first-order valence-electron chi connectivity index (χ1n) is 6.16. The van der Waals surface area contributed by atoms with Crippen LogP contribution in [0.2, 0.25) is 0 Å². The van der Waals surface area contributed by atoms with Crippen LogP contribution in [0, 0.1) is 0 Å². The van der Waals surface area contributed by atoms with Crippen molar-refractivity contribution in [3.05, 3.63) is 65.7 Å². The summed E-state index contributed by atoms with van der Waals surface area (Å²) in [5.41, 5.74) is 0.816. The smallest absolute Gasteiger partial charge is 0.337 e. The monoisotopic (exact) mass is 283 g/mol. The molecule has 0 fully saturated rings. The molecule has 21 heavy (non-hydrogen) atoms. The van der Waals surface area contributed by atoms with Crippen molar-refractivity contribution in [2.24, 2.45) is 0 Å². The number of phenols is 1. The van der Waals surface area contributed by atoms with Gasteiger partial charge < -0.3 is 15.5 Å². The fraction of sp³-hybridized carbons (Fsp3) is 0. The Kier molecular flexibility index (Phi) is 4.36. The first-order valence-corrected chi connectivity index (χ1v) is 6.16. The molecule has 0 saturated carbocycles. The summed E-state index contributed by atoms with van der Waals surface area (Å²) in [6.07, 6.45) is 2.93. The number of carbonyl (C=O) groups is 2. The van der Waals surface area contributed by atoms with Crippen molar-refractivity contribution in [3.8, 4) is 5.75 Å². The van der Waals surface area contributed by atoms with Crippen LogP contribution < -0.4 is 5.32 Å². The highest BCUT2D eigenvalue weighted by molar-refractivity contribution is 6.06. The number of benzene rings is 2. The molecular formula is C16H13NO4. The van der Waals surface area contributed by atoms with Gasteiger partial charge in [0, 0.05) is 6.08 Å². The van der Waals surface area contributed by atoms with Crippen molar-refractivity contribution in [1.82, 2.24) is 0 Å². The van der Waals surface area contributed by atoms with Crippen molar-refractivity contribution in [3.63, 3.8) is 0 Å². The van der Waals surface area contributed by atoms with Gasteiger partial charge in [-0.2, -0.15) is 0 Å². The summed E-state index contributed by atoms with van der Waals surface area (Å²) in [4.78, 5) is 22.8. The Hall–Kier alpha value is -3.08. The third kappa shape index (κ3) is 3.94. The molecule has 2 rings (SSSR count). The molecule has 0 spiro atoms. The molecular weight excluding hydrogens is 270 g/mol. The number of hydrogen-bond acceptors (Lipinski definition) is 3. The van der Waals surface area contributed by atoms with Gasteiger partial charge in [0.2, 0.25) is 5.91 Å². The Morgan fingerprint density at radius 3 is 2.43 bits per heavy atom. The molecule has 5 heteroatoms. The summed E-state index contributed by atoms with van der Waals surface area (Å²) >= 11 is 0. The van der Waals surface area contributed by atoms with E-state index in [1.165, 1.54) is 18.2 Å². The van der Waals surface area contributed by atoms with Crippen molar-refractivity contribution < 1.29 is 19.8 Å². The second-order valence-electron chi connectivity index (χ2n) is 4.27. The predicted octanol–water partition coefficient (Wildman–Crippen LogP) is 2.74. The molecule has 1 amide bonds. The van der Waals surface area contributed by atoms with Gasteiger partial charge in [0.1, 0.15) is 5.75 Å². The van der Waals surface area contributed by atoms with E-state index >= 15 is 0 Å². The van der Waals surface area contributed by atoms with Crippen LogP contribution in [-0.2, 0) is 4.79 Å². The highest BCUT2D eigenvalue weighted by atomic mass is 16.4. The number of aromatic hydroxyl groups is 1. The number of aromatic carboxylic acids is 1. The molecule has 0 unspecified atom stereocenters. The lowest BCUT2D eigenvalue weighted by Gasteiger charge is -2.06. The predicted molar refractivity (Wildman–Crippen MR) is 79.2 cm³/mol. The lowest BCUT2D eigenvalue weighted by molar-refractivity contribution is -0.111. The van der Waals surface area contributed by atoms with E-state index in [1.807, 2.05) is 30.3 Å². The van der Waals surface area contributed by atoms with Crippen molar-refractivity contribution >= 4 is 23.6 Å². The normalized spacial score (nSPS) is 10.5. The average molecular weight is 283 g/mol. The van der Waals surface area contributed by atoms with Gasteiger partial charge in [-0.15, -0.1) is 0 Å². The van der Waals surface area contributed by atoms with Crippen molar-refractivity contribution in [2.45, 2.75) is 0 Å². The third-order valence-electron chi connectivity index (χ3n) is 2.72. The Labute approximate surface area is 121 Å². The molecule has 0 radical (unpaired) electrons. The molecule has 3 N–H and O–H groups in total. The molecule has 0 heterocycles. The standard InChI is InChI=1S/C16H13NO4/c18-12-7-8-14(13(10-12)16(20)21)17-15(19)9-6-11-4-2-1-3-5-11/h1-10,18H,(H,17,19)(H,20,21)/b9-6+. The number of anilines is 1. The van der Waals surface area contributed by atoms with Crippen molar-refractivity contribution in [2.75, 3.05) is 5.32 Å². The summed E-state index contributed by atoms with van der Waals surface area (Å²) in [6.45, 7) is 0. The number of amides is 1. The molecule has 2 aromatic rings. The van der Waals surface area contributed by atoms with Gasteiger partial charge in [0.05, 0.1) is 11.3 Å². The van der Waals surface area contributed by atoms with Crippen LogP contribution in [0.25, 0.3) is 6.08 Å². The van der Waals surface area contributed by atoms with Gasteiger partial charge in [-0.25, -0.2) is 4.79 Å². The lowest BCUT2D eigenvalue weighted by Crippen LogP contribution is -2.11. The van der Waals surface area contributed by atoms with Gasteiger partial charge in [-0.1, -0.05) is 30.3 Å². The summed E-state index contributed by atoms with van der Waals surface area (Å²) < 4.78 is 0. The number of rotatable bonds is 4. The van der Waals surface area contributed by atoms with Gasteiger partial charge in [-0.05, 0) is 29.8 Å². The fourth-order valence-corrected chi connectivity index (χ4v) is 1.73. The average Bonchev–Trinajstić information content (AvgIpc) is 2.48. The number of carboxylic acids is 1. The van der Waals surface area contributed by atoms with Gasteiger partial charge >= 0.3 is 5.97 Å². The fourth-order valence-electron chi connectivity index (χ4n) is 1.73. The first-order chi connectivity index (χ1) is 10.1. The minimum atomic E-state index is -1.23. The van der Waals surface area contributed by atoms with E-state index in [4.69, 9.17) is 5.11 Å². The minimum absolute atomic E-state index is 0.128. The topological polar surface area (TPSA) is 86.6 Å². The van der Waals surface area contributed by atoms with Crippen LogP contribution in [0.15, 0.2) is 54.6 Å². The SMILES string of the molecule is O=C(/C=C/c1ccccc1)Nc1ccc(O)cc1C(=O)O. The molecule has 106 valence electrons. The molecule has 0 aliphatic rings. The van der Waals surface area contributed by atoms with E-state index in [0.717, 1.165) is 11.6 Å². The first kappa shape index (κ1) is 14.3. The molecule has 0 saturated heterocycles.